The van der Waals surface area contributed by atoms with E-state index in [-0.39, 0.29) is 18.2 Å². The Morgan fingerprint density at radius 3 is 2.34 bits per heavy atom. The molecule has 0 aromatic heterocycles. The van der Waals surface area contributed by atoms with Crippen LogP contribution in [0.3, 0.4) is 0 Å². The number of anilines is 1. The number of carboxylic acids is 2. The summed E-state index contributed by atoms with van der Waals surface area (Å²) in [4.78, 5) is 44.4. The Kier molecular flexibility index (Phi) is 10.2. The molecule has 0 saturated carbocycles. The van der Waals surface area contributed by atoms with Crippen molar-refractivity contribution in [1.82, 2.24) is 5.43 Å². The van der Waals surface area contributed by atoms with Gasteiger partial charge in [-0.15, -0.1) is 0 Å². The third-order valence-electron chi connectivity index (χ3n) is 4.23. The van der Waals surface area contributed by atoms with Crippen LogP contribution in [0.4, 0.5) is 5.69 Å². The molecule has 1 aromatic rings. The molecule has 1 aliphatic rings. The van der Waals surface area contributed by atoms with Crippen LogP contribution in [0, 0.1) is 11.8 Å². The number of nitrogens with one attached hydrogen (secondary N) is 1. The zero-order valence-electron chi connectivity index (χ0n) is 16.7. The van der Waals surface area contributed by atoms with Crippen molar-refractivity contribution in [3.63, 3.8) is 0 Å². The van der Waals surface area contributed by atoms with Gasteiger partial charge in [0, 0.05) is 0 Å². The third-order valence-corrected chi connectivity index (χ3v) is 4.23. The minimum Gasteiger partial charge on any atom is -0.481 e. The Bertz CT molecular complexity index is 732. The number of hydrogen-bond donors (Lipinski definition) is 3. The lowest BCUT2D eigenvalue weighted by atomic mass is 10.0. The molecule has 0 spiro atoms. The van der Waals surface area contributed by atoms with Crippen LogP contribution in [0.5, 0.6) is 0 Å². The quantitative estimate of drug-likeness (QED) is 0.429. The van der Waals surface area contributed by atoms with E-state index in [1.54, 1.807) is 18.2 Å². The van der Waals surface area contributed by atoms with Crippen LogP contribution in [-0.4, -0.2) is 34.0 Å². The SMILES string of the molecule is CC/C=C/C(CC(=O)O)C(=O)O.CCCCC1C(=O)NN(c2ccccc2)C1=O. The topological polar surface area (TPSA) is 124 Å². The Hall–Kier alpha value is -3.16. The number of benzene rings is 1. The van der Waals surface area contributed by atoms with Gasteiger partial charge in [0.15, 0.2) is 0 Å². The lowest BCUT2D eigenvalue weighted by molar-refractivity contribution is -0.146. The van der Waals surface area contributed by atoms with E-state index in [0.29, 0.717) is 18.5 Å². The molecule has 2 atom stereocenters. The second kappa shape index (κ2) is 12.3. The number of unbranched alkanes of at least 4 members (excludes halogenated alkanes) is 1. The number of carbonyl (C=O) groups excluding carboxylic acids is 2. The van der Waals surface area contributed by atoms with Crippen molar-refractivity contribution in [3.8, 4) is 0 Å². The highest BCUT2D eigenvalue weighted by atomic mass is 16.4. The summed E-state index contributed by atoms with van der Waals surface area (Å²) in [6.07, 6.45) is 5.94. The Morgan fingerprint density at radius 1 is 1.17 bits per heavy atom. The van der Waals surface area contributed by atoms with E-state index in [2.05, 4.69) is 5.43 Å². The standard InChI is InChI=1S/C13H16N2O2.C8H12O4/c1-2-3-9-11-12(16)14-15(13(11)17)10-7-5-4-6-8-10;1-2-3-4-6(8(11)12)5-7(9)10/h4-8,11H,2-3,9H2,1H3,(H,14,16);3-4,6H,2,5H2,1H3,(H,9,10)(H,11,12)/b;4-3+. The number of nitrogens with zero attached hydrogens (tertiary/aromatic N) is 1. The van der Waals surface area contributed by atoms with Gasteiger partial charge in [-0.3, -0.25) is 24.6 Å². The fourth-order valence-electron chi connectivity index (χ4n) is 2.67. The van der Waals surface area contributed by atoms with Crippen molar-refractivity contribution in [3.05, 3.63) is 42.5 Å². The zero-order chi connectivity index (χ0) is 21.8. The van der Waals surface area contributed by atoms with Gasteiger partial charge < -0.3 is 10.2 Å². The van der Waals surface area contributed by atoms with Gasteiger partial charge >= 0.3 is 11.9 Å². The van der Waals surface area contributed by atoms with Crippen molar-refractivity contribution in [2.24, 2.45) is 11.8 Å². The summed E-state index contributed by atoms with van der Waals surface area (Å²) >= 11 is 0. The monoisotopic (exact) mass is 404 g/mol. The molecule has 0 radical (unpaired) electrons. The first kappa shape index (κ1) is 23.9. The van der Waals surface area contributed by atoms with E-state index in [4.69, 9.17) is 10.2 Å². The summed E-state index contributed by atoms with van der Waals surface area (Å²) < 4.78 is 0. The van der Waals surface area contributed by atoms with Crippen LogP contribution < -0.4 is 10.4 Å². The molecule has 158 valence electrons. The molecule has 1 heterocycles. The minimum atomic E-state index is -1.10. The van der Waals surface area contributed by atoms with E-state index >= 15 is 0 Å². The van der Waals surface area contributed by atoms with Crippen molar-refractivity contribution in [1.29, 1.82) is 0 Å². The number of amides is 2. The van der Waals surface area contributed by atoms with Gasteiger partial charge in [0.1, 0.15) is 5.92 Å². The molecule has 0 bridgehead atoms. The highest BCUT2D eigenvalue weighted by Gasteiger charge is 2.39. The van der Waals surface area contributed by atoms with Crippen molar-refractivity contribution in [2.45, 2.75) is 46.0 Å². The van der Waals surface area contributed by atoms with Gasteiger partial charge in [-0.25, -0.2) is 5.01 Å². The van der Waals surface area contributed by atoms with Gasteiger partial charge in [-0.2, -0.15) is 0 Å². The molecular formula is C21H28N2O6. The summed E-state index contributed by atoms with van der Waals surface area (Å²) in [6, 6.07) is 9.17. The Morgan fingerprint density at radius 2 is 1.83 bits per heavy atom. The predicted octanol–water partition coefficient (Wildman–Crippen LogP) is 3.00. The van der Waals surface area contributed by atoms with Gasteiger partial charge in [0.25, 0.3) is 11.8 Å². The van der Waals surface area contributed by atoms with Crippen LogP contribution in [0.2, 0.25) is 0 Å². The van der Waals surface area contributed by atoms with Crippen LogP contribution in [0.15, 0.2) is 42.5 Å². The maximum Gasteiger partial charge on any atom is 0.310 e. The summed E-state index contributed by atoms with van der Waals surface area (Å²) in [7, 11) is 0. The van der Waals surface area contributed by atoms with Gasteiger partial charge in [-0.05, 0) is 25.0 Å². The van der Waals surface area contributed by atoms with Crippen molar-refractivity contribution in [2.75, 3.05) is 5.01 Å². The molecule has 1 saturated heterocycles. The van der Waals surface area contributed by atoms with Crippen LogP contribution >= 0.6 is 0 Å². The summed E-state index contributed by atoms with van der Waals surface area (Å²) in [6.45, 7) is 3.91. The number of hydrazine groups is 1. The van der Waals surface area contributed by atoms with Gasteiger partial charge in [-0.1, -0.05) is 57.0 Å². The second-order valence-electron chi connectivity index (χ2n) is 6.56. The molecule has 3 N–H and O–H groups in total. The van der Waals surface area contributed by atoms with Crippen LogP contribution in [0.25, 0.3) is 0 Å². The minimum absolute atomic E-state index is 0.144. The second-order valence-corrected chi connectivity index (χ2v) is 6.56. The molecule has 2 unspecified atom stereocenters. The highest BCUT2D eigenvalue weighted by molar-refractivity contribution is 6.14. The first-order chi connectivity index (χ1) is 13.8. The molecule has 8 nitrogen and oxygen atoms in total. The summed E-state index contributed by atoms with van der Waals surface area (Å²) in [5.74, 6) is -3.94. The summed E-state index contributed by atoms with van der Waals surface area (Å²) in [5.41, 5.74) is 3.34. The lowest BCUT2D eigenvalue weighted by Crippen LogP contribution is -2.35. The smallest absolute Gasteiger partial charge is 0.310 e. The van der Waals surface area contributed by atoms with E-state index < -0.39 is 23.8 Å². The number of aliphatic carboxylic acids is 2. The maximum absolute atomic E-state index is 12.1. The van der Waals surface area contributed by atoms with Gasteiger partial charge in [0.2, 0.25) is 0 Å². The largest absolute Gasteiger partial charge is 0.481 e. The number of hydrogen-bond acceptors (Lipinski definition) is 4. The van der Waals surface area contributed by atoms with Crippen molar-refractivity contribution < 1.29 is 29.4 Å². The third kappa shape index (κ3) is 7.77. The lowest BCUT2D eigenvalue weighted by Gasteiger charge is -2.14. The molecule has 2 rings (SSSR count). The molecule has 8 heteroatoms. The van der Waals surface area contributed by atoms with E-state index in [1.807, 2.05) is 32.0 Å². The molecule has 1 aromatic carbocycles. The Labute approximate surface area is 170 Å². The molecule has 1 aliphatic heterocycles. The fraction of sp³-hybridized carbons (Fsp3) is 0.429. The number of allylic oxidation sites excluding steroid dienone is 1. The number of carboxylic acid groups (broad SMARTS) is 2. The average molecular weight is 404 g/mol. The highest BCUT2D eigenvalue weighted by Crippen LogP contribution is 2.22. The number of rotatable bonds is 9. The number of carbonyl (C=O) groups is 4. The molecule has 29 heavy (non-hydrogen) atoms. The van der Waals surface area contributed by atoms with E-state index in [9.17, 15) is 19.2 Å². The van der Waals surface area contributed by atoms with Gasteiger partial charge in [0.05, 0.1) is 18.0 Å². The normalized spacial score (nSPS) is 16.9. The van der Waals surface area contributed by atoms with Crippen LogP contribution in [0.1, 0.15) is 46.0 Å². The van der Waals surface area contributed by atoms with Crippen LogP contribution in [-0.2, 0) is 19.2 Å². The fourth-order valence-corrected chi connectivity index (χ4v) is 2.67. The van der Waals surface area contributed by atoms with Crippen molar-refractivity contribution >= 4 is 29.4 Å². The zero-order valence-corrected chi connectivity index (χ0v) is 16.7. The molecule has 0 aliphatic carbocycles. The predicted molar refractivity (Wildman–Crippen MR) is 108 cm³/mol. The Balaban J connectivity index is 0.000000311. The van der Waals surface area contributed by atoms with E-state index in [0.717, 1.165) is 12.8 Å². The maximum atomic E-state index is 12.1. The molecule has 1 fully saturated rings. The average Bonchev–Trinajstić information content (AvgIpc) is 2.98. The molecular weight excluding hydrogens is 376 g/mol. The van der Waals surface area contributed by atoms with E-state index in [1.165, 1.54) is 11.1 Å². The first-order valence-electron chi connectivity index (χ1n) is 9.62. The summed E-state index contributed by atoms with van der Waals surface area (Å²) in [5, 5.41) is 18.2. The number of para-hydroxylation sites is 1. The molecule has 2 amide bonds. The first-order valence-corrected chi connectivity index (χ1v) is 9.62.